The van der Waals surface area contributed by atoms with Crippen molar-refractivity contribution in [2.75, 3.05) is 30.3 Å². The summed E-state index contributed by atoms with van der Waals surface area (Å²) in [6, 6.07) is 11.6. The molecular formula is C27H32FN5O4S. The summed E-state index contributed by atoms with van der Waals surface area (Å²) in [5.74, 6) is 0.0312. The quantitative estimate of drug-likeness (QED) is 0.433. The summed E-state index contributed by atoms with van der Waals surface area (Å²) in [4.78, 5) is 23.8. The lowest BCUT2D eigenvalue weighted by Crippen LogP contribution is -2.38. The number of benzene rings is 1. The molecule has 0 unspecified atom stereocenters. The Hall–Kier alpha value is -3.73. The van der Waals surface area contributed by atoms with Gasteiger partial charge in [-0.3, -0.25) is 4.79 Å². The number of nitrogens with zero attached hydrogens (tertiary/aromatic N) is 3. The zero-order chi connectivity index (χ0) is 27.4. The maximum atomic E-state index is 14.5. The summed E-state index contributed by atoms with van der Waals surface area (Å²) in [7, 11) is -4.28. The number of pyridine rings is 2. The third kappa shape index (κ3) is 6.58. The van der Waals surface area contributed by atoms with Crippen molar-refractivity contribution in [3.05, 3.63) is 59.9 Å². The molecule has 1 aliphatic rings. The minimum absolute atomic E-state index is 0.0150. The second-order valence-electron chi connectivity index (χ2n) is 9.98. The van der Waals surface area contributed by atoms with Crippen molar-refractivity contribution in [1.82, 2.24) is 14.7 Å². The number of nitrogens with two attached hydrogens (primary N) is 1. The fourth-order valence-corrected chi connectivity index (χ4v) is 5.22. The molecule has 11 heteroatoms. The number of anilines is 2. The van der Waals surface area contributed by atoms with Crippen LogP contribution in [0.25, 0.3) is 11.3 Å². The van der Waals surface area contributed by atoms with E-state index in [0.717, 1.165) is 12.8 Å². The van der Waals surface area contributed by atoms with Gasteiger partial charge in [0.15, 0.2) is 5.03 Å². The fraction of sp³-hybridized carbons (Fsp3) is 0.370. The van der Waals surface area contributed by atoms with Crippen LogP contribution in [0.5, 0.6) is 5.75 Å². The number of halogens is 1. The highest BCUT2D eigenvalue weighted by Gasteiger charge is 2.27. The molecular weight excluding hydrogens is 509 g/mol. The normalized spacial score (nSPS) is 15.9. The summed E-state index contributed by atoms with van der Waals surface area (Å²) >= 11 is 0. The number of hydrogen-bond acceptors (Lipinski definition) is 8. The Bertz CT molecular complexity index is 1430. The number of sulfonamides is 1. The number of aromatic nitrogens is 2. The lowest BCUT2D eigenvalue weighted by molar-refractivity contribution is 0.0981. The number of nitrogens with one attached hydrogen (secondary N) is 1. The molecule has 0 saturated carbocycles. The van der Waals surface area contributed by atoms with Crippen molar-refractivity contribution >= 4 is 27.6 Å². The van der Waals surface area contributed by atoms with Gasteiger partial charge >= 0.3 is 0 Å². The Kier molecular flexibility index (Phi) is 8.15. The van der Waals surface area contributed by atoms with Crippen molar-refractivity contribution in [2.24, 2.45) is 11.8 Å². The van der Waals surface area contributed by atoms with Crippen molar-refractivity contribution in [1.29, 1.82) is 0 Å². The molecule has 3 aromatic rings. The van der Waals surface area contributed by atoms with Gasteiger partial charge in [0.1, 0.15) is 23.2 Å². The van der Waals surface area contributed by atoms with E-state index in [4.69, 9.17) is 15.5 Å². The van der Waals surface area contributed by atoms with Gasteiger partial charge in [0.05, 0.1) is 17.9 Å². The third-order valence-electron chi connectivity index (χ3n) is 6.07. The molecule has 1 amide bonds. The maximum Gasteiger partial charge on any atom is 0.281 e. The Morgan fingerprint density at radius 1 is 1.21 bits per heavy atom. The van der Waals surface area contributed by atoms with Crippen LogP contribution in [0.3, 0.4) is 0 Å². The van der Waals surface area contributed by atoms with Crippen LogP contribution in [0.4, 0.5) is 16.0 Å². The highest BCUT2D eigenvalue weighted by atomic mass is 32.2. The molecule has 0 aliphatic carbocycles. The van der Waals surface area contributed by atoms with E-state index >= 15 is 0 Å². The average Bonchev–Trinajstić information content (AvgIpc) is 2.86. The molecule has 0 radical (unpaired) electrons. The van der Waals surface area contributed by atoms with Crippen LogP contribution in [0, 0.1) is 17.7 Å². The molecule has 2 aromatic heterocycles. The molecule has 1 saturated heterocycles. The minimum Gasteiger partial charge on any atom is -0.493 e. The number of rotatable bonds is 8. The Labute approximate surface area is 222 Å². The Balaban J connectivity index is 1.71. The molecule has 3 heterocycles. The van der Waals surface area contributed by atoms with E-state index in [-0.39, 0.29) is 22.3 Å². The van der Waals surface area contributed by atoms with Gasteiger partial charge in [0, 0.05) is 24.7 Å². The largest absolute Gasteiger partial charge is 0.493 e. The maximum absolute atomic E-state index is 14.5. The number of nitrogen functional groups attached to an aromatic ring is 1. The van der Waals surface area contributed by atoms with Crippen LogP contribution in [0.15, 0.2) is 53.6 Å². The molecule has 1 fully saturated rings. The molecule has 9 nitrogen and oxygen atoms in total. The summed E-state index contributed by atoms with van der Waals surface area (Å²) in [6.45, 7) is 7.84. The van der Waals surface area contributed by atoms with Crippen LogP contribution in [-0.4, -0.2) is 44.0 Å². The summed E-state index contributed by atoms with van der Waals surface area (Å²) in [5, 5.41) is -0.364. The van der Waals surface area contributed by atoms with E-state index in [1.165, 1.54) is 36.4 Å². The average molecular weight is 542 g/mol. The first kappa shape index (κ1) is 27.3. The number of carbonyl (C=O) groups excluding carboxylic acids is 1. The van der Waals surface area contributed by atoms with E-state index in [9.17, 15) is 17.6 Å². The molecule has 1 aromatic carbocycles. The molecule has 1 aliphatic heterocycles. The molecule has 0 spiro atoms. The van der Waals surface area contributed by atoms with Crippen LogP contribution >= 0.6 is 0 Å². The van der Waals surface area contributed by atoms with Gasteiger partial charge in [-0.1, -0.05) is 26.8 Å². The second kappa shape index (κ2) is 11.3. The van der Waals surface area contributed by atoms with Crippen LogP contribution in [-0.2, 0) is 10.0 Å². The zero-order valence-electron chi connectivity index (χ0n) is 21.6. The van der Waals surface area contributed by atoms with Gasteiger partial charge in [-0.15, -0.1) is 0 Å². The van der Waals surface area contributed by atoms with Gasteiger partial charge < -0.3 is 15.4 Å². The Morgan fingerprint density at radius 3 is 2.71 bits per heavy atom. The van der Waals surface area contributed by atoms with E-state index in [2.05, 4.69) is 16.6 Å². The van der Waals surface area contributed by atoms with Gasteiger partial charge in [0.25, 0.3) is 15.9 Å². The molecule has 0 bridgehead atoms. The number of carbonyl (C=O) groups is 1. The van der Waals surface area contributed by atoms with Gasteiger partial charge in [0.2, 0.25) is 0 Å². The molecule has 38 heavy (non-hydrogen) atoms. The van der Waals surface area contributed by atoms with Crippen molar-refractivity contribution in [3.8, 4) is 17.0 Å². The summed E-state index contributed by atoms with van der Waals surface area (Å²) in [5.41, 5.74) is 6.62. The van der Waals surface area contributed by atoms with E-state index in [1.54, 1.807) is 12.1 Å². The topological polar surface area (TPSA) is 128 Å². The SMILES string of the molecule is CC(C)COc1cc(F)cc(-c2ccc(C(=O)NS(=O)(=O)c3cccc(N)n3)c(N3CCC[C@@H](C)C3)n2)c1. The third-order valence-corrected chi connectivity index (χ3v) is 7.31. The van der Waals surface area contributed by atoms with Crippen molar-refractivity contribution < 1.29 is 22.3 Å². The lowest BCUT2D eigenvalue weighted by atomic mass is 9.99. The van der Waals surface area contributed by atoms with Gasteiger partial charge in [-0.25, -0.2) is 19.1 Å². The second-order valence-corrected chi connectivity index (χ2v) is 11.6. The first-order valence-electron chi connectivity index (χ1n) is 12.5. The smallest absolute Gasteiger partial charge is 0.281 e. The highest BCUT2D eigenvalue weighted by Crippen LogP contribution is 2.30. The standard InChI is InChI=1S/C27H32FN5O4S/c1-17(2)16-37-21-13-19(12-20(28)14-21)23-10-9-22(26(30-23)33-11-5-6-18(3)15-33)27(34)32-38(35,36)25-8-4-7-24(29)31-25/h4,7-10,12-14,17-18H,5-6,11,15-16H2,1-3H3,(H2,29,31)(H,32,34)/t18-/m1/s1. The van der Waals surface area contributed by atoms with E-state index in [0.29, 0.717) is 48.4 Å². The predicted molar refractivity (Wildman–Crippen MR) is 144 cm³/mol. The number of amides is 1. The fourth-order valence-electron chi connectivity index (χ4n) is 4.28. The van der Waals surface area contributed by atoms with Crippen molar-refractivity contribution in [3.63, 3.8) is 0 Å². The van der Waals surface area contributed by atoms with E-state index < -0.39 is 21.7 Å². The minimum atomic E-state index is -4.28. The number of piperidine rings is 1. The molecule has 202 valence electrons. The number of ether oxygens (including phenoxy) is 1. The highest BCUT2D eigenvalue weighted by molar-refractivity contribution is 7.90. The first-order chi connectivity index (χ1) is 18.0. The zero-order valence-corrected chi connectivity index (χ0v) is 22.5. The molecule has 3 N–H and O–H groups in total. The first-order valence-corrected chi connectivity index (χ1v) is 14.0. The van der Waals surface area contributed by atoms with Gasteiger partial charge in [-0.2, -0.15) is 8.42 Å². The molecule has 1 atom stereocenters. The summed E-state index contributed by atoms with van der Waals surface area (Å²) in [6.07, 6.45) is 1.93. The van der Waals surface area contributed by atoms with E-state index in [1.807, 2.05) is 18.7 Å². The summed E-state index contributed by atoms with van der Waals surface area (Å²) < 4.78 is 47.9. The number of hydrogen-bond donors (Lipinski definition) is 2. The lowest BCUT2D eigenvalue weighted by Gasteiger charge is -2.33. The monoisotopic (exact) mass is 541 g/mol. The predicted octanol–water partition coefficient (Wildman–Crippen LogP) is 4.25. The van der Waals surface area contributed by atoms with Crippen molar-refractivity contribution in [2.45, 2.75) is 38.6 Å². The van der Waals surface area contributed by atoms with Crippen LogP contribution < -0.4 is 20.1 Å². The van der Waals surface area contributed by atoms with Crippen LogP contribution in [0.1, 0.15) is 44.0 Å². The van der Waals surface area contributed by atoms with Gasteiger partial charge in [-0.05, 0) is 61.1 Å². The molecule has 4 rings (SSSR count). The van der Waals surface area contributed by atoms with Crippen LogP contribution in [0.2, 0.25) is 0 Å². The Morgan fingerprint density at radius 2 is 2.00 bits per heavy atom.